The fourth-order valence-electron chi connectivity index (χ4n) is 2.59. The summed E-state index contributed by atoms with van der Waals surface area (Å²) in [5.41, 5.74) is 6.71. The van der Waals surface area contributed by atoms with E-state index in [-0.39, 0.29) is 0 Å². The standard InChI is InChI=1S/C15H27NO/c1-12(2)13(10-11-16)8-9-15(17)14-6-4-3-5-7-14/h6,12-13H,3-5,7-11,16H2,1-2H3. The summed E-state index contributed by atoms with van der Waals surface area (Å²) in [4.78, 5) is 12.0. The van der Waals surface area contributed by atoms with Gasteiger partial charge in [-0.05, 0) is 62.5 Å². The molecule has 1 aliphatic carbocycles. The van der Waals surface area contributed by atoms with Crippen molar-refractivity contribution >= 4 is 5.78 Å². The predicted octanol–water partition coefficient (Wildman–Crippen LogP) is 3.46. The minimum Gasteiger partial charge on any atom is -0.330 e. The average molecular weight is 237 g/mol. The van der Waals surface area contributed by atoms with Crippen LogP contribution in [0.1, 0.15) is 58.8 Å². The summed E-state index contributed by atoms with van der Waals surface area (Å²) >= 11 is 0. The van der Waals surface area contributed by atoms with Gasteiger partial charge in [0.1, 0.15) is 0 Å². The Kier molecular flexibility index (Phi) is 6.49. The zero-order valence-electron chi connectivity index (χ0n) is 11.4. The lowest BCUT2D eigenvalue weighted by molar-refractivity contribution is -0.116. The van der Waals surface area contributed by atoms with Crippen LogP contribution in [0, 0.1) is 11.8 Å². The molecule has 0 aromatic carbocycles. The first-order chi connectivity index (χ1) is 8.15. The van der Waals surface area contributed by atoms with Gasteiger partial charge < -0.3 is 5.73 Å². The van der Waals surface area contributed by atoms with Gasteiger partial charge in [0.15, 0.2) is 5.78 Å². The molecule has 0 fully saturated rings. The number of Topliss-reactive ketones (excluding diaryl/α,β-unsaturated/α-hetero) is 1. The number of hydrogen-bond donors (Lipinski definition) is 1. The predicted molar refractivity (Wildman–Crippen MR) is 72.8 cm³/mol. The van der Waals surface area contributed by atoms with Crippen molar-refractivity contribution < 1.29 is 4.79 Å². The number of ketones is 1. The molecular weight excluding hydrogens is 210 g/mol. The summed E-state index contributed by atoms with van der Waals surface area (Å²) in [6.07, 6.45) is 9.45. The lowest BCUT2D eigenvalue weighted by atomic mass is 9.86. The Labute approximate surface area is 106 Å². The van der Waals surface area contributed by atoms with Gasteiger partial charge in [0, 0.05) is 6.42 Å². The molecule has 0 bridgehead atoms. The summed E-state index contributed by atoms with van der Waals surface area (Å²) in [6.45, 7) is 5.19. The lowest BCUT2D eigenvalue weighted by Gasteiger charge is -2.20. The van der Waals surface area contributed by atoms with Gasteiger partial charge in [0.25, 0.3) is 0 Å². The molecule has 0 aromatic rings. The van der Waals surface area contributed by atoms with Crippen LogP contribution in [-0.2, 0) is 4.79 Å². The average Bonchev–Trinajstić information content (AvgIpc) is 2.34. The molecule has 2 nitrogen and oxygen atoms in total. The molecule has 0 amide bonds. The van der Waals surface area contributed by atoms with Crippen molar-refractivity contribution in [2.24, 2.45) is 17.6 Å². The SMILES string of the molecule is CC(C)C(CCN)CCC(=O)C1=CCCCC1. The highest BCUT2D eigenvalue weighted by Gasteiger charge is 2.17. The Morgan fingerprint density at radius 3 is 2.65 bits per heavy atom. The van der Waals surface area contributed by atoms with Crippen molar-refractivity contribution in [1.29, 1.82) is 0 Å². The molecular formula is C15H27NO. The second-order valence-corrected chi connectivity index (χ2v) is 5.52. The number of carbonyl (C=O) groups is 1. The Morgan fingerprint density at radius 2 is 2.12 bits per heavy atom. The molecule has 1 rings (SSSR count). The molecule has 0 saturated carbocycles. The van der Waals surface area contributed by atoms with Crippen LogP contribution in [0.15, 0.2) is 11.6 Å². The van der Waals surface area contributed by atoms with Crippen LogP contribution >= 0.6 is 0 Å². The molecule has 0 aliphatic heterocycles. The van der Waals surface area contributed by atoms with E-state index in [1.165, 1.54) is 12.8 Å². The normalized spacial score (nSPS) is 18.0. The highest BCUT2D eigenvalue weighted by Crippen LogP contribution is 2.24. The first kappa shape index (κ1) is 14.4. The number of nitrogens with two attached hydrogens (primary N) is 1. The maximum atomic E-state index is 12.0. The molecule has 1 aliphatic rings. The molecule has 0 spiro atoms. The monoisotopic (exact) mass is 237 g/mol. The summed E-state index contributed by atoms with van der Waals surface area (Å²) < 4.78 is 0. The zero-order chi connectivity index (χ0) is 12.7. The Morgan fingerprint density at radius 1 is 1.35 bits per heavy atom. The molecule has 1 unspecified atom stereocenters. The topological polar surface area (TPSA) is 43.1 Å². The Hall–Kier alpha value is -0.630. The van der Waals surface area contributed by atoms with Gasteiger partial charge in [-0.15, -0.1) is 0 Å². The number of carbonyl (C=O) groups excluding carboxylic acids is 1. The summed E-state index contributed by atoms with van der Waals surface area (Å²) in [5.74, 6) is 1.62. The first-order valence-corrected chi connectivity index (χ1v) is 7.07. The number of hydrogen-bond acceptors (Lipinski definition) is 2. The number of rotatable bonds is 7. The van der Waals surface area contributed by atoms with E-state index >= 15 is 0 Å². The summed E-state index contributed by atoms with van der Waals surface area (Å²) in [6, 6.07) is 0. The van der Waals surface area contributed by atoms with Gasteiger partial charge in [-0.3, -0.25) is 4.79 Å². The van der Waals surface area contributed by atoms with Gasteiger partial charge in [-0.25, -0.2) is 0 Å². The van der Waals surface area contributed by atoms with Crippen LogP contribution in [-0.4, -0.2) is 12.3 Å². The van der Waals surface area contributed by atoms with Crippen molar-refractivity contribution in [2.45, 2.75) is 58.8 Å². The van der Waals surface area contributed by atoms with Gasteiger partial charge in [0.05, 0.1) is 0 Å². The second-order valence-electron chi connectivity index (χ2n) is 5.52. The fourth-order valence-corrected chi connectivity index (χ4v) is 2.59. The third-order valence-corrected chi connectivity index (χ3v) is 3.87. The molecule has 0 saturated heterocycles. The smallest absolute Gasteiger partial charge is 0.158 e. The quantitative estimate of drug-likeness (QED) is 0.737. The minimum absolute atomic E-state index is 0.382. The third-order valence-electron chi connectivity index (χ3n) is 3.87. The summed E-state index contributed by atoms with van der Waals surface area (Å²) in [7, 11) is 0. The van der Waals surface area contributed by atoms with E-state index in [9.17, 15) is 4.79 Å². The van der Waals surface area contributed by atoms with Crippen LogP contribution < -0.4 is 5.73 Å². The van der Waals surface area contributed by atoms with E-state index in [0.717, 1.165) is 37.8 Å². The van der Waals surface area contributed by atoms with E-state index < -0.39 is 0 Å². The molecule has 98 valence electrons. The highest BCUT2D eigenvalue weighted by molar-refractivity contribution is 5.95. The van der Waals surface area contributed by atoms with Crippen molar-refractivity contribution in [1.82, 2.24) is 0 Å². The highest BCUT2D eigenvalue weighted by atomic mass is 16.1. The van der Waals surface area contributed by atoms with Gasteiger partial charge in [0.2, 0.25) is 0 Å². The van der Waals surface area contributed by atoms with Crippen LogP contribution in [0.4, 0.5) is 0 Å². The molecule has 0 radical (unpaired) electrons. The molecule has 1 atom stereocenters. The van der Waals surface area contributed by atoms with E-state index in [0.29, 0.717) is 24.0 Å². The fraction of sp³-hybridized carbons (Fsp3) is 0.800. The molecule has 0 heterocycles. The maximum Gasteiger partial charge on any atom is 0.158 e. The van der Waals surface area contributed by atoms with Crippen molar-refractivity contribution in [3.05, 3.63) is 11.6 Å². The van der Waals surface area contributed by atoms with Crippen LogP contribution in [0.2, 0.25) is 0 Å². The number of allylic oxidation sites excluding steroid dienone is 2. The first-order valence-electron chi connectivity index (χ1n) is 7.07. The van der Waals surface area contributed by atoms with E-state index in [1.54, 1.807) is 0 Å². The van der Waals surface area contributed by atoms with Crippen molar-refractivity contribution in [3.63, 3.8) is 0 Å². The largest absolute Gasteiger partial charge is 0.330 e. The summed E-state index contributed by atoms with van der Waals surface area (Å²) in [5, 5.41) is 0. The van der Waals surface area contributed by atoms with E-state index in [4.69, 9.17) is 5.73 Å². The Bertz CT molecular complexity index is 268. The van der Waals surface area contributed by atoms with Gasteiger partial charge >= 0.3 is 0 Å². The van der Waals surface area contributed by atoms with Crippen LogP contribution in [0.3, 0.4) is 0 Å². The van der Waals surface area contributed by atoms with E-state index in [2.05, 4.69) is 19.9 Å². The lowest BCUT2D eigenvalue weighted by Crippen LogP contribution is -2.16. The molecule has 2 heteroatoms. The molecule has 0 aromatic heterocycles. The molecule has 2 N–H and O–H groups in total. The van der Waals surface area contributed by atoms with Crippen molar-refractivity contribution in [3.8, 4) is 0 Å². The maximum absolute atomic E-state index is 12.0. The third kappa shape index (κ3) is 5.03. The van der Waals surface area contributed by atoms with Gasteiger partial charge in [-0.1, -0.05) is 19.9 Å². The zero-order valence-corrected chi connectivity index (χ0v) is 11.4. The Balaban J connectivity index is 2.37. The van der Waals surface area contributed by atoms with Gasteiger partial charge in [-0.2, -0.15) is 0 Å². The molecule has 17 heavy (non-hydrogen) atoms. The minimum atomic E-state index is 0.382. The van der Waals surface area contributed by atoms with Crippen LogP contribution in [0.5, 0.6) is 0 Å². The van der Waals surface area contributed by atoms with Crippen LogP contribution in [0.25, 0.3) is 0 Å². The second kappa shape index (κ2) is 7.65. The van der Waals surface area contributed by atoms with E-state index in [1.807, 2.05) is 0 Å². The van der Waals surface area contributed by atoms with Crippen molar-refractivity contribution in [2.75, 3.05) is 6.54 Å².